The summed E-state index contributed by atoms with van der Waals surface area (Å²) in [5.41, 5.74) is 5.93. The van der Waals surface area contributed by atoms with Gasteiger partial charge < -0.3 is 5.11 Å². The van der Waals surface area contributed by atoms with Crippen molar-refractivity contribution < 1.29 is 9.90 Å². The molecule has 2 heteroatoms. The molecule has 7 unspecified atom stereocenters. The molecule has 186 valence electrons. The van der Waals surface area contributed by atoms with Crippen LogP contribution in [0, 0.1) is 45.3 Å². The molecule has 0 spiro atoms. The van der Waals surface area contributed by atoms with Crippen molar-refractivity contribution in [2.24, 2.45) is 45.3 Å². The van der Waals surface area contributed by atoms with E-state index in [-0.39, 0.29) is 16.7 Å². The summed E-state index contributed by atoms with van der Waals surface area (Å²) in [7, 11) is 0. The molecular formula is C31H50O2. The fraction of sp³-hybridized carbons (Fsp3) is 0.839. The van der Waals surface area contributed by atoms with Crippen LogP contribution in [0.25, 0.3) is 0 Å². The third-order valence-corrected chi connectivity index (χ3v) is 12.2. The molecule has 4 rings (SSSR count). The van der Waals surface area contributed by atoms with Crippen molar-refractivity contribution in [3.8, 4) is 0 Å². The third kappa shape index (κ3) is 3.59. The van der Waals surface area contributed by atoms with Crippen molar-refractivity contribution in [3.63, 3.8) is 0 Å². The Labute approximate surface area is 203 Å². The first-order valence-corrected chi connectivity index (χ1v) is 13.9. The summed E-state index contributed by atoms with van der Waals surface area (Å²) >= 11 is 0. The normalized spacial score (nSPS) is 42.7. The third-order valence-electron chi connectivity index (χ3n) is 12.2. The fourth-order valence-corrected chi connectivity index (χ4v) is 9.60. The van der Waals surface area contributed by atoms with Gasteiger partial charge in [-0.2, -0.15) is 0 Å². The van der Waals surface area contributed by atoms with Crippen molar-refractivity contribution in [2.45, 2.75) is 120 Å². The Kier molecular flexibility index (Phi) is 6.28. The predicted octanol–water partition coefficient (Wildman–Crippen LogP) is 8.82. The van der Waals surface area contributed by atoms with Gasteiger partial charge in [0.2, 0.25) is 0 Å². The van der Waals surface area contributed by atoms with Crippen LogP contribution in [0.5, 0.6) is 0 Å². The first-order chi connectivity index (χ1) is 15.3. The van der Waals surface area contributed by atoms with Gasteiger partial charge in [-0.25, -0.2) is 0 Å². The lowest BCUT2D eigenvalue weighted by atomic mass is 9.42. The first-order valence-electron chi connectivity index (χ1n) is 13.9. The summed E-state index contributed by atoms with van der Waals surface area (Å²) in [5.74, 6) is 1.11. The maximum absolute atomic E-state index is 12.5. The molecule has 0 saturated heterocycles. The van der Waals surface area contributed by atoms with Crippen LogP contribution in [-0.4, -0.2) is 11.1 Å². The van der Waals surface area contributed by atoms with Gasteiger partial charge in [-0.15, -0.1) is 0 Å². The number of allylic oxidation sites excluding steroid dienone is 4. The number of carboxylic acid groups (broad SMARTS) is 1. The van der Waals surface area contributed by atoms with E-state index in [4.69, 9.17) is 0 Å². The van der Waals surface area contributed by atoms with Gasteiger partial charge in [0.1, 0.15) is 0 Å². The van der Waals surface area contributed by atoms with Crippen molar-refractivity contribution in [2.75, 3.05) is 0 Å². The molecule has 0 aromatic carbocycles. The molecule has 4 aliphatic carbocycles. The second-order valence-electron chi connectivity index (χ2n) is 13.9. The quantitative estimate of drug-likeness (QED) is 0.421. The minimum absolute atomic E-state index is 0.112. The van der Waals surface area contributed by atoms with E-state index in [1.54, 1.807) is 5.57 Å². The molecule has 4 aliphatic rings. The molecule has 0 heterocycles. The van der Waals surface area contributed by atoms with Gasteiger partial charge in [0.05, 0.1) is 5.92 Å². The smallest absolute Gasteiger partial charge is 0.306 e. The van der Waals surface area contributed by atoms with Crippen molar-refractivity contribution in [1.29, 1.82) is 0 Å². The molecular weight excluding hydrogens is 404 g/mol. The number of carbonyl (C=O) groups is 1. The van der Waals surface area contributed by atoms with Gasteiger partial charge in [0.25, 0.3) is 0 Å². The molecule has 0 aromatic heterocycles. The average Bonchev–Trinajstić information content (AvgIpc) is 3.00. The molecule has 0 aromatic rings. The monoisotopic (exact) mass is 454 g/mol. The molecule has 0 amide bonds. The van der Waals surface area contributed by atoms with E-state index in [9.17, 15) is 9.90 Å². The maximum atomic E-state index is 12.5. The lowest BCUT2D eigenvalue weighted by Gasteiger charge is -2.62. The van der Waals surface area contributed by atoms with E-state index in [1.165, 1.54) is 50.5 Å². The Bertz CT molecular complexity index is 858. The fourth-order valence-electron chi connectivity index (χ4n) is 9.60. The summed E-state index contributed by atoms with van der Waals surface area (Å²) in [6.45, 7) is 19.4. The van der Waals surface area contributed by atoms with E-state index in [2.05, 4.69) is 61.5 Å². The summed E-state index contributed by atoms with van der Waals surface area (Å²) < 4.78 is 0. The van der Waals surface area contributed by atoms with Crippen LogP contribution in [0.4, 0.5) is 0 Å². The molecule has 2 saturated carbocycles. The number of hydrogen-bond donors (Lipinski definition) is 1. The van der Waals surface area contributed by atoms with Crippen LogP contribution in [-0.2, 0) is 4.79 Å². The van der Waals surface area contributed by atoms with Gasteiger partial charge in [0.15, 0.2) is 0 Å². The first kappa shape index (κ1) is 25.1. The van der Waals surface area contributed by atoms with Crippen LogP contribution in [0.2, 0.25) is 0 Å². The van der Waals surface area contributed by atoms with E-state index >= 15 is 0 Å². The topological polar surface area (TPSA) is 37.3 Å². The molecule has 2 nitrogen and oxygen atoms in total. The SMILES string of the molecule is CC(C)=CCCC(C(=O)O)C1CCC2(C)C3=C(CCC12C)C1(C)CCC(C)C(C)(C)C1CC3. The van der Waals surface area contributed by atoms with Gasteiger partial charge in [0, 0.05) is 0 Å². The van der Waals surface area contributed by atoms with Crippen molar-refractivity contribution in [1.82, 2.24) is 0 Å². The zero-order valence-corrected chi connectivity index (χ0v) is 22.8. The molecule has 7 atom stereocenters. The Morgan fingerprint density at radius 1 is 1.00 bits per heavy atom. The van der Waals surface area contributed by atoms with E-state index in [1.807, 2.05) is 5.57 Å². The Hall–Kier alpha value is -1.05. The van der Waals surface area contributed by atoms with E-state index in [0.717, 1.165) is 31.1 Å². The van der Waals surface area contributed by atoms with Crippen molar-refractivity contribution in [3.05, 3.63) is 22.8 Å². The van der Waals surface area contributed by atoms with Gasteiger partial charge in [-0.1, -0.05) is 64.3 Å². The Balaban J connectivity index is 1.69. The van der Waals surface area contributed by atoms with Crippen LogP contribution in [0.3, 0.4) is 0 Å². The summed E-state index contributed by atoms with van der Waals surface area (Å²) in [4.78, 5) is 12.5. The maximum Gasteiger partial charge on any atom is 0.306 e. The highest BCUT2D eigenvalue weighted by Crippen LogP contribution is 2.72. The molecule has 1 N–H and O–H groups in total. The van der Waals surface area contributed by atoms with Gasteiger partial charge in [-0.05, 0) is 117 Å². The minimum Gasteiger partial charge on any atom is -0.481 e. The average molecular weight is 455 g/mol. The summed E-state index contributed by atoms with van der Waals surface area (Å²) in [5, 5.41) is 10.3. The Morgan fingerprint density at radius 3 is 2.33 bits per heavy atom. The van der Waals surface area contributed by atoms with E-state index in [0.29, 0.717) is 16.7 Å². The molecule has 2 fully saturated rings. The molecule has 0 radical (unpaired) electrons. The standard InChI is InChI=1S/C31H50O2/c1-20(2)10-9-11-22(27(32)33)23-15-18-31(8)25-12-13-26-28(4,5)21(3)14-17-29(26,6)24(25)16-19-30(23,31)7/h10,21-23,26H,9,11-19H2,1-8H3,(H,32,33). The Morgan fingerprint density at radius 2 is 1.70 bits per heavy atom. The molecule has 0 bridgehead atoms. The number of aliphatic carboxylic acids is 1. The number of rotatable bonds is 5. The number of carboxylic acids is 1. The van der Waals surface area contributed by atoms with Crippen LogP contribution in [0.1, 0.15) is 120 Å². The highest BCUT2D eigenvalue weighted by atomic mass is 16.4. The number of hydrogen-bond acceptors (Lipinski definition) is 1. The second-order valence-corrected chi connectivity index (χ2v) is 13.9. The van der Waals surface area contributed by atoms with Gasteiger partial charge in [-0.3, -0.25) is 4.79 Å². The van der Waals surface area contributed by atoms with Crippen LogP contribution < -0.4 is 0 Å². The number of fused-ring (bicyclic) bond motifs is 4. The molecule has 33 heavy (non-hydrogen) atoms. The van der Waals surface area contributed by atoms with Crippen LogP contribution in [0.15, 0.2) is 22.8 Å². The zero-order valence-electron chi connectivity index (χ0n) is 22.8. The minimum atomic E-state index is -0.564. The highest BCUT2D eigenvalue weighted by Gasteiger charge is 2.63. The lowest BCUT2D eigenvalue weighted by molar-refractivity contribution is -0.146. The largest absolute Gasteiger partial charge is 0.481 e. The zero-order chi connectivity index (χ0) is 24.4. The second kappa shape index (κ2) is 8.27. The predicted molar refractivity (Wildman–Crippen MR) is 138 cm³/mol. The van der Waals surface area contributed by atoms with E-state index < -0.39 is 5.97 Å². The summed E-state index contributed by atoms with van der Waals surface area (Å²) in [6, 6.07) is 0. The summed E-state index contributed by atoms with van der Waals surface area (Å²) in [6.07, 6.45) is 13.8. The van der Waals surface area contributed by atoms with Crippen LogP contribution >= 0.6 is 0 Å². The lowest BCUT2D eigenvalue weighted by Crippen LogP contribution is -2.53. The van der Waals surface area contributed by atoms with Crippen molar-refractivity contribution >= 4 is 5.97 Å². The van der Waals surface area contributed by atoms with Gasteiger partial charge >= 0.3 is 5.97 Å². The molecule has 0 aliphatic heterocycles. The highest BCUT2D eigenvalue weighted by molar-refractivity contribution is 5.70.